The van der Waals surface area contributed by atoms with Gasteiger partial charge in [-0.15, -0.1) is 0 Å². The highest BCUT2D eigenvalue weighted by molar-refractivity contribution is 5.96. The van der Waals surface area contributed by atoms with Gasteiger partial charge in [0.1, 0.15) is 6.54 Å². The molecule has 0 fully saturated rings. The molecule has 0 aliphatic rings. The Balaban J connectivity index is 0.00000180. The van der Waals surface area contributed by atoms with E-state index in [9.17, 15) is 4.79 Å². The molecule has 3 heteroatoms. The number of hydrogen-bond acceptors (Lipinski definition) is 1. The summed E-state index contributed by atoms with van der Waals surface area (Å²) in [6, 6.07) is 15.6. The van der Waals surface area contributed by atoms with E-state index < -0.39 is 0 Å². The van der Waals surface area contributed by atoms with Gasteiger partial charge in [0.25, 0.3) is 0 Å². The number of nitrogens with zero attached hydrogens (tertiary/aromatic N) is 1. The van der Waals surface area contributed by atoms with E-state index in [1.165, 1.54) is 5.69 Å². The van der Waals surface area contributed by atoms with Crippen LogP contribution in [0.15, 0.2) is 54.7 Å². The maximum atomic E-state index is 12.0. The fourth-order valence-electron chi connectivity index (χ4n) is 2.06. The average Bonchev–Trinajstić information content (AvgIpc) is 2.46. The molecule has 0 N–H and O–H groups in total. The zero-order chi connectivity index (χ0) is 12.8. The van der Waals surface area contributed by atoms with E-state index in [2.05, 4.69) is 23.8 Å². The number of carbonyl (C=O) groups is 1. The van der Waals surface area contributed by atoms with Crippen LogP contribution in [0.5, 0.6) is 0 Å². The minimum Gasteiger partial charge on any atom is -1.00 e. The molecule has 2 aromatic rings. The van der Waals surface area contributed by atoms with Crippen molar-refractivity contribution in [2.24, 2.45) is 0 Å². The van der Waals surface area contributed by atoms with Gasteiger partial charge in [-0.25, -0.2) is 4.57 Å². The SMILES string of the molecule is CC[n+]1ccccc1CCC(=O)c1ccccc1.[I-]. The van der Waals surface area contributed by atoms with Crippen molar-refractivity contribution in [3.8, 4) is 0 Å². The summed E-state index contributed by atoms with van der Waals surface area (Å²) >= 11 is 0. The van der Waals surface area contributed by atoms with Crippen molar-refractivity contribution in [1.82, 2.24) is 0 Å². The molecule has 0 aliphatic carbocycles. The van der Waals surface area contributed by atoms with Crippen molar-refractivity contribution in [1.29, 1.82) is 0 Å². The van der Waals surface area contributed by atoms with E-state index in [0.29, 0.717) is 6.42 Å². The summed E-state index contributed by atoms with van der Waals surface area (Å²) in [4.78, 5) is 12.0. The minimum atomic E-state index is 0. The molecule has 0 bridgehead atoms. The molecule has 0 aliphatic heterocycles. The van der Waals surface area contributed by atoms with Gasteiger partial charge in [-0.1, -0.05) is 36.4 Å². The highest BCUT2D eigenvalue weighted by Gasteiger charge is 2.11. The van der Waals surface area contributed by atoms with Crippen LogP contribution in [0.25, 0.3) is 0 Å². The van der Waals surface area contributed by atoms with Crippen molar-refractivity contribution in [3.63, 3.8) is 0 Å². The number of hydrogen-bond donors (Lipinski definition) is 0. The molecule has 19 heavy (non-hydrogen) atoms. The highest BCUT2D eigenvalue weighted by Crippen LogP contribution is 2.06. The Hall–Kier alpha value is -1.23. The van der Waals surface area contributed by atoms with E-state index >= 15 is 0 Å². The molecule has 1 heterocycles. The number of ketones is 1. The molecule has 0 saturated heterocycles. The standard InChI is InChI=1S/C16H18NO.HI/c1-2-17-13-7-6-10-15(17)11-12-16(18)14-8-4-3-5-9-14;/h3-10,13H,2,11-12H2,1H3;1H/q+1;/p-1. The van der Waals surface area contributed by atoms with Crippen LogP contribution >= 0.6 is 0 Å². The van der Waals surface area contributed by atoms with E-state index in [0.717, 1.165) is 18.5 Å². The topological polar surface area (TPSA) is 20.9 Å². The van der Waals surface area contributed by atoms with Crippen LogP contribution in [0.2, 0.25) is 0 Å². The number of aryl methyl sites for hydroxylation is 2. The van der Waals surface area contributed by atoms with Crippen LogP contribution in [0, 0.1) is 0 Å². The number of halogens is 1. The van der Waals surface area contributed by atoms with Gasteiger partial charge in [0.2, 0.25) is 0 Å². The first-order valence-corrected chi connectivity index (χ1v) is 6.37. The Morgan fingerprint density at radius 1 is 1.05 bits per heavy atom. The number of Topliss-reactive ketones (excluding diaryl/α,β-unsaturated/α-hetero) is 1. The zero-order valence-corrected chi connectivity index (χ0v) is 13.2. The predicted molar refractivity (Wildman–Crippen MR) is 71.4 cm³/mol. The Morgan fingerprint density at radius 2 is 1.74 bits per heavy atom. The van der Waals surface area contributed by atoms with E-state index in [4.69, 9.17) is 0 Å². The summed E-state index contributed by atoms with van der Waals surface area (Å²) in [5, 5.41) is 0. The monoisotopic (exact) mass is 367 g/mol. The summed E-state index contributed by atoms with van der Waals surface area (Å²) in [7, 11) is 0. The molecular formula is C16H18INO. The Labute approximate surface area is 131 Å². The Morgan fingerprint density at radius 3 is 2.42 bits per heavy atom. The summed E-state index contributed by atoms with van der Waals surface area (Å²) in [5.74, 6) is 0.210. The number of carbonyl (C=O) groups excluding carboxylic acids is 1. The van der Waals surface area contributed by atoms with Crippen LogP contribution in [0.4, 0.5) is 0 Å². The predicted octanol–water partition coefficient (Wildman–Crippen LogP) is -0.186. The number of aromatic nitrogens is 1. The molecule has 0 spiro atoms. The van der Waals surface area contributed by atoms with Crippen molar-refractivity contribution < 1.29 is 33.3 Å². The molecule has 0 unspecified atom stereocenters. The second-order valence-corrected chi connectivity index (χ2v) is 4.27. The lowest BCUT2D eigenvalue weighted by Gasteiger charge is -2.02. The van der Waals surface area contributed by atoms with Crippen LogP contribution in [0.3, 0.4) is 0 Å². The van der Waals surface area contributed by atoms with Crippen LogP contribution < -0.4 is 28.5 Å². The molecule has 0 amide bonds. The van der Waals surface area contributed by atoms with E-state index in [1.54, 1.807) is 0 Å². The Kier molecular flexibility index (Phi) is 6.70. The molecule has 2 nitrogen and oxygen atoms in total. The van der Waals surface area contributed by atoms with E-state index in [-0.39, 0.29) is 29.8 Å². The van der Waals surface area contributed by atoms with Gasteiger partial charge in [-0.3, -0.25) is 4.79 Å². The molecule has 1 aromatic heterocycles. The third kappa shape index (κ3) is 4.42. The molecular weight excluding hydrogens is 349 g/mol. The zero-order valence-electron chi connectivity index (χ0n) is 11.1. The van der Waals surface area contributed by atoms with Gasteiger partial charge in [0.05, 0.1) is 0 Å². The average molecular weight is 367 g/mol. The van der Waals surface area contributed by atoms with Crippen LogP contribution in [0.1, 0.15) is 29.4 Å². The van der Waals surface area contributed by atoms with Crippen molar-refractivity contribution >= 4 is 5.78 Å². The van der Waals surface area contributed by atoms with Crippen LogP contribution in [-0.4, -0.2) is 5.78 Å². The number of benzene rings is 1. The first kappa shape index (κ1) is 15.8. The Bertz CT molecular complexity index is 525. The third-order valence-electron chi connectivity index (χ3n) is 3.08. The first-order valence-electron chi connectivity index (χ1n) is 6.37. The van der Waals surface area contributed by atoms with E-state index in [1.807, 2.05) is 42.5 Å². The van der Waals surface area contributed by atoms with Gasteiger partial charge in [0, 0.05) is 30.5 Å². The molecule has 1 aromatic carbocycles. The number of rotatable bonds is 5. The largest absolute Gasteiger partial charge is 1.00 e. The maximum absolute atomic E-state index is 12.0. The molecule has 0 atom stereocenters. The van der Waals surface area contributed by atoms with Gasteiger partial charge >= 0.3 is 0 Å². The minimum absolute atomic E-state index is 0. The van der Waals surface area contributed by atoms with Gasteiger partial charge in [-0.05, 0) is 6.92 Å². The molecule has 100 valence electrons. The fourth-order valence-corrected chi connectivity index (χ4v) is 2.06. The second-order valence-electron chi connectivity index (χ2n) is 4.27. The van der Waals surface area contributed by atoms with Gasteiger partial charge < -0.3 is 24.0 Å². The fraction of sp³-hybridized carbons (Fsp3) is 0.250. The summed E-state index contributed by atoms with van der Waals surface area (Å²) in [6.07, 6.45) is 3.42. The lowest BCUT2D eigenvalue weighted by molar-refractivity contribution is -0.700. The molecule has 2 rings (SSSR count). The van der Waals surface area contributed by atoms with Crippen molar-refractivity contribution in [3.05, 3.63) is 66.0 Å². The lowest BCUT2D eigenvalue weighted by atomic mass is 10.1. The third-order valence-corrected chi connectivity index (χ3v) is 3.08. The van der Waals surface area contributed by atoms with Gasteiger partial charge in [-0.2, -0.15) is 0 Å². The summed E-state index contributed by atoms with van der Waals surface area (Å²) in [6.45, 7) is 3.05. The highest BCUT2D eigenvalue weighted by atomic mass is 127. The number of pyridine rings is 1. The second kappa shape index (κ2) is 8.04. The summed E-state index contributed by atoms with van der Waals surface area (Å²) in [5.41, 5.74) is 2.01. The van der Waals surface area contributed by atoms with Crippen molar-refractivity contribution in [2.45, 2.75) is 26.3 Å². The molecule has 0 radical (unpaired) electrons. The van der Waals surface area contributed by atoms with Gasteiger partial charge in [0.15, 0.2) is 17.7 Å². The first-order chi connectivity index (χ1) is 8.81. The quantitative estimate of drug-likeness (QED) is 0.408. The maximum Gasteiger partial charge on any atom is 0.181 e. The molecule has 0 saturated carbocycles. The summed E-state index contributed by atoms with van der Waals surface area (Å²) < 4.78 is 2.18. The van der Waals surface area contributed by atoms with Crippen LogP contribution in [-0.2, 0) is 13.0 Å². The normalized spacial score (nSPS) is 9.74. The van der Waals surface area contributed by atoms with Crippen molar-refractivity contribution in [2.75, 3.05) is 0 Å². The smallest absolute Gasteiger partial charge is 0.181 e. The lowest BCUT2D eigenvalue weighted by Crippen LogP contribution is -3.00.